The van der Waals surface area contributed by atoms with Crippen LogP contribution in [0, 0.1) is 5.41 Å². The number of aliphatic hydroxyl groups is 1. The zero-order valence-electron chi connectivity index (χ0n) is 12.5. The molecule has 2 atom stereocenters. The van der Waals surface area contributed by atoms with Gasteiger partial charge >= 0.3 is 0 Å². The van der Waals surface area contributed by atoms with E-state index >= 15 is 0 Å². The lowest BCUT2D eigenvalue weighted by Gasteiger charge is -2.39. The zero-order valence-corrected chi connectivity index (χ0v) is 12.5. The van der Waals surface area contributed by atoms with E-state index in [1.165, 1.54) is 5.56 Å². The Morgan fingerprint density at radius 2 is 1.89 bits per heavy atom. The maximum absolute atomic E-state index is 9.71. The Hall–Kier alpha value is -0.970. The smallest absolute Gasteiger partial charge is 0.0602 e. The van der Waals surface area contributed by atoms with E-state index in [9.17, 15) is 5.11 Å². The first-order valence-corrected chi connectivity index (χ1v) is 6.89. The Morgan fingerprint density at radius 3 is 2.32 bits per heavy atom. The van der Waals surface area contributed by atoms with E-state index < -0.39 is 0 Å². The Labute approximate surface area is 116 Å². The maximum atomic E-state index is 9.71. The van der Waals surface area contributed by atoms with Crippen LogP contribution in [0.1, 0.15) is 33.3 Å². The van der Waals surface area contributed by atoms with Gasteiger partial charge in [0, 0.05) is 31.0 Å². The molecule has 1 rings (SSSR count). The van der Waals surface area contributed by atoms with Gasteiger partial charge in [0.25, 0.3) is 0 Å². The molecule has 0 saturated carbocycles. The van der Waals surface area contributed by atoms with Gasteiger partial charge in [-0.3, -0.25) is 9.88 Å². The Kier molecular flexibility index (Phi) is 5.91. The largest absolute Gasteiger partial charge is 0.395 e. The summed E-state index contributed by atoms with van der Waals surface area (Å²) in [5.74, 6) is 0. The summed E-state index contributed by atoms with van der Waals surface area (Å²) < 4.78 is 0. The van der Waals surface area contributed by atoms with Crippen LogP contribution in [-0.2, 0) is 6.54 Å². The van der Waals surface area contributed by atoms with Gasteiger partial charge in [-0.15, -0.1) is 0 Å². The summed E-state index contributed by atoms with van der Waals surface area (Å²) in [5.41, 5.74) is 7.48. The summed E-state index contributed by atoms with van der Waals surface area (Å²) in [6, 6.07) is 3.90. The van der Waals surface area contributed by atoms with E-state index in [-0.39, 0.29) is 24.1 Å². The van der Waals surface area contributed by atoms with E-state index in [1.54, 1.807) is 12.4 Å². The Bertz CT molecular complexity index is 361. The lowest BCUT2D eigenvalue weighted by Crippen LogP contribution is -2.55. The molecule has 108 valence electrons. The fourth-order valence-electron chi connectivity index (χ4n) is 2.22. The Balaban J connectivity index is 2.82. The molecule has 0 saturated heterocycles. The number of nitrogens with zero attached hydrogens (tertiary/aromatic N) is 2. The zero-order chi connectivity index (χ0) is 14.5. The molecule has 0 spiro atoms. The van der Waals surface area contributed by atoms with E-state index in [0.29, 0.717) is 0 Å². The third-order valence-electron chi connectivity index (χ3n) is 3.61. The molecular weight excluding hydrogens is 238 g/mol. The van der Waals surface area contributed by atoms with Gasteiger partial charge < -0.3 is 10.8 Å². The number of hydrogen-bond donors (Lipinski definition) is 2. The molecule has 0 amide bonds. The molecule has 4 heteroatoms. The summed E-state index contributed by atoms with van der Waals surface area (Å²) in [4.78, 5) is 6.25. The normalized spacial score (nSPS) is 15.5. The number of aromatic nitrogens is 1. The van der Waals surface area contributed by atoms with Crippen molar-refractivity contribution in [2.75, 3.05) is 13.2 Å². The molecule has 0 aliphatic carbocycles. The van der Waals surface area contributed by atoms with E-state index in [1.807, 2.05) is 12.1 Å². The molecule has 0 bridgehead atoms. The number of hydrogen-bond acceptors (Lipinski definition) is 4. The number of rotatable bonds is 6. The van der Waals surface area contributed by atoms with Gasteiger partial charge in [0.15, 0.2) is 0 Å². The van der Waals surface area contributed by atoms with Crippen molar-refractivity contribution in [3.63, 3.8) is 0 Å². The summed E-state index contributed by atoms with van der Waals surface area (Å²) in [6.45, 7) is 10.2. The first-order chi connectivity index (χ1) is 8.90. The first-order valence-electron chi connectivity index (χ1n) is 6.89. The van der Waals surface area contributed by atoms with Crippen molar-refractivity contribution < 1.29 is 5.11 Å². The van der Waals surface area contributed by atoms with Crippen molar-refractivity contribution in [1.29, 1.82) is 0 Å². The lowest BCUT2D eigenvalue weighted by molar-refractivity contribution is 0.0691. The van der Waals surface area contributed by atoms with Crippen LogP contribution in [0.3, 0.4) is 0 Å². The van der Waals surface area contributed by atoms with E-state index in [2.05, 4.69) is 37.6 Å². The highest BCUT2D eigenvalue weighted by atomic mass is 16.3. The average molecular weight is 265 g/mol. The van der Waals surface area contributed by atoms with Crippen molar-refractivity contribution in [2.45, 2.75) is 46.3 Å². The summed E-state index contributed by atoms with van der Waals surface area (Å²) in [7, 11) is 0. The van der Waals surface area contributed by atoms with Crippen LogP contribution in [0.4, 0.5) is 0 Å². The molecule has 1 heterocycles. The molecule has 0 aromatic carbocycles. The third kappa shape index (κ3) is 4.56. The minimum atomic E-state index is -0.0701. The van der Waals surface area contributed by atoms with Gasteiger partial charge in [-0.1, -0.05) is 27.7 Å². The molecule has 1 aromatic rings. The van der Waals surface area contributed by atoms with E-state index in [0.717, 1.165) is 13.1 Å². The minimum Gasteiger partial charge on any atom is -0.395 e. The fourth-order valence-corrected chi connectivity index (χ4v) is 2.22. The van der Waals surface area contributed by atoms with Crippen LogP contribution in [0.5, 0.6) is 0 Å². The molecule has 1 aromatic heterocycles. The number of nitrogens with two attached hydrogens (primary N) is 1. The number of pyridine rings is 1. The first kappa shape index (κ1) is 16.1. The van der Waals surface area contributed by atoms with Crippen molar-refractivity contribution in [2.24, 2.45) is 11.1 Å². The minimum absolute atomic E-state index is 0.0287. The quantitative estimate of drug-likeness (QED) is 0.821. The summed E-state index contributed by atoms with van der Waals surface area (Å²) in [5, 5.41) is 9.71. The summed E-state index contributed by atoms with van der Waals surface area (Å²) >= 11 is 0. The standard InChI is InChI=1S/C15H27N3O/c1-5-18(10-12-6-8-17-9-7-12)13(11-19)14(16)15(2,3)4/h6-9,13-14,19H,5,10-11,16H2,1-4H3. The highest BCUT2D eigenvalue weighted by Gasteiger charge is 2.31. The van der Waals surface area contributed by atoms with Crippen LogP contribution in [-0.4, -0.2) is 40.2 Å². The predicted octanol–water partition coefficient (Wildman–Crippen LogP) is 1.64. The number of aliphatic hydroxyl groups excluding tert-OH is 1. The molecular formula is C15H27N3O. The van der Waals surface area contributed by atoms with Crippen LogP contribution in [0.15, 0.2) is 24.5 Å². The molecule has 2 unspecified atom stereocenters. The molecule has 0 fully saturated rings. The second-order valence-electron chi connectivity index (χ2n) is 6.06. The predicted molar refractivity (Wildman–Crippen MR) is 78.6 cm³/mol. The van der Waals surface area contributed by atoms with Gasteiger partial charge in [-0.2, -0.15) is 0 Å². The molecule has 3 N–H and O–H groups in total. The lowest BCUT2D eigenvalue weighted by atomic mass is 9.82. The SMILES string of the molecule is CCN(Cc1ccncc1)C(CO)C(N)C(C)(C)C. The van der Waals surface area contributed by atoms with Gasteiger partial charge in [-0.05, 0) is 29.7 Å². The van der Waals surface area contributed by atoms with Crippen LogP contribution in [0.25, 0.3) is 0 Å². The fraction of sp³-hybridized carbons (Fsp3) is 0.667. The Morgan fingerprint density at radius 1 is 1.32 bits per heavy atom. The second kappa shape index (κ2) is 6.98. The van der Waals surface area contributed by atoms with Crippen LogP contribution >= 0.6 is 0 Å². The van der Waals surface area contributed by atoms with Crippen molar-refractivity contribution in [3.8, 4) is 0 Å². The molecule has 19 heavy (non-hydrogen) atoms. The van der Waals surface area contributed by atoms with Crippen molar-refractivity contribution in [3.05, 3.63) is 30.1 Å². The summed E-state index contributed by atoms with van der Waals surface area (Å²) in [6.07, 6.45) is 3.58. The van der Waals surface area contributed by atoms with Gasteiger partial charge in [0.2, 0.25) is 0 Å². The molecule has 4 nitrogen and oxygen atoms in total. The molecule has 0 radical (unpaired) electrons. The van der Waals surface area contributed by atoms with E-state index in [4.69, 9.17) is 5.73 Å². The van der Waals surface area contributed by atoms with Crippen LogP contribution in [0.2, 0.25) is 0 Å². The maximum Gasteiger partial charge on any atom is 0.0602 e. The van der Waals surface area contributed by atoms with Crippen LogP contribution < -0.4 is 5.73 Å². The van der Waals surface area contributed by atoms with Gasteiger partial charge in [0.1, 0.15) is 0 Å². The topological polar surface area (TPSA) is 62.4 Å². The second-order valence-corrected chi connectivity index (χ2v) is 6.06. The van der Waals surface area contributed by atoms with Crippen molar-refractivity contribution in [1.82, 2.24) is 9.88 Å². The molecule has 0 aliphatic heterocycles. The van der Waals surface area contributed by atoms with Gasteiger partial charge in [0.05, 0.1) is 6.61 Å². The van der Waals surface area contributed by atoms with Crippen molar-refractivity contribution >= 4 is 0 Å². The number of likely N-dealkylation sites (N-methyl/N-ethyl adjacent to an activating group) is 1. The van der Waals surface area contributed by atoms with Gasteiger partial charge in [-0.25, -0.2) is 0 Å². The highest BCUT2D eigenvalue weighted by Crippen LogP contribution is 2.23. The molecule has 0 aliphatic rings. The average Bonchev–Trinajstić information content (AvgIpc) is 2.38. The highest BCUT2D eigenvalue weighted by molar-refractivity contribution is 5.10. The monoisotopic (exact) mass is 265 g/mol. The third-order valence-corrected chi connectivity index (χ3v) is 3.61.